The number of aromatic nitrogens is 2. The molecule has 6 nitrogen and oxygen atoms in total. The number of fused-ring (bicyclic) bond motifs is 1. The fraction of sp³-hybridized carbons (Fsp3) is 0.280. The zero-order valence-corrected chi connectivity index (χ0v) is 18.6. The van der Waals surface area contributed by atoms with Crippen molar-refractivity contribution in [3.8, 4) is 0 Å². The minimum absolute atomic E-state index is 0.105. The smallest absolute Gasteiger partial charge is 0.412 e. The Bertz CT molecular complexity index is 1100. The molecule has 0 aromatic carbocycles. The molecule has 6 heteroatoms. The third-order valence-electron chi connectivity index (χ3n) is 4.71. The molecule has 0 unspecified atom stereocenters. The van der Waals surface area contributed by atoms with Gasteiger partial charge in [-0.15, -0.1) is 0 Å². The number of hydrogen-bond acceptors (Lipinski definition) is 3. The summed E-state index contributed by atoms with van der Waals surface area (Å²) in [5.41, 5.74) is 4.97. The average molecular weight is 420 g/mol. The van der Waals surface area contributed by atoms with E-state index in [1.165, 1.54) is 0 Å². The Morgan fingerprint density at radius 2 is 1.94 bits per heavy atom. The molecule has 0 spiro atoms. The number of carbonyl (C=O) groups excluding carboxylic acids is 2. The summed E-state index contributed by atoms with van der Waals surface area (Å²) in [6.07, 6.45) is 11.9. The van der Waals surface area contributed by atoms with Crippen LogP contribution in [0.15, 0.2) is 48.2 Å². The molecule has 0 radical (unpaired) electrons. The first-order valence-corrected chi connectivity index (χ1v) is 10.3. The molecule has 1 amide bonds. The van der Waals surface area contributed by atoms with Crippen molar-refractivity contribution in [2.24, 2.45) is 0 Å². The first kappa shape index (κ1) is 22.2. The van der Waals surface area contributed by atoms with E-state index in [1.54, 1.807) is 24.3 Å². The number of hydrogen-bond donors (Lipinski definition) is 3. The number of allylic oxidation sites excluding steroid dienone is 5. The van der Waals surface area contributed by atoms with Crippen LogP contribution in [0.1, 0.15) is 74.2 Å². The van der Waals surface area contributed by atoms with Crippen LogP contribution in [0.4, 0.5) is 4.79 Å². The predicted molar refractivity (Wildman–Crippen MR) is 124 cm³/mol. The van der Waals surface area contributed by atoms with E-state index in [-0.39, 0.29) is 5.78 Å². The van der Waals surface area contributed by atoms with Crippen molar-refractivity contribution >= 4 is 29.6 Å². The topological polar surface area (TPSA) is 87.0 Å². The van der Waals surface area contributed by atoms with E-state index >= 15 is 0 Å². The summed E-state index contributed by atoms with van der Waals surface area (Å²) in [6.45, 7) is 9.30. The second-order valence-corrected chi connectivity index (χ2v) is 8.40. The van der Waals surface area contributed by atoms with Gasteiger partial charge in [-0.3, -0.25) is 10.1 Å². The van der Waals surface area contributed by atoms with Crippen LogP contribution in [0.5, 0.6) is 0 Å². The van der Waals surface area contributed by atoms with Crippen molar-refractivity contribution in [3.63, 3.8) is 0 Å². The molecular formula is C25H29N3O3. The fourth-order valence-corrected chi connectivity index (χ4v) is 3.19. The molecule has 0 aliphatic heterocycles. The maximum Gasteiger partial charge on any atom is 0.412 e. The van der Waals surface area contributed by atoms with Gasteiger partial charge in [-0.2, -0.15) is 0 Å². The molecule has 0 bridgehead atoms. The Morgan fingerprint density at radius 3 is 2.65 bits per heavy atom. The lowest BCUT2D eigenvalue weighted by atomic mass is 10.1. The largest absolute Gasteiger partial charge is 0.444 e. The molecular weight excluding hydrogens is 390 g/mol. The zero-order chi connectivity index (χ0) is 22.6. The minimum Gasteiger partial charge on any atom is -0.444 e. The van der Waals surface area contributed by atoms with Gasteiger partial charge in [0.15, 0.2) is 0 Å². The average Bonchev–Trinajstić information content (AvgIpc) is 3.30. The highest BCUT2D eigenvalue weighted by atomic mass is 16.6. The molecule has 2 aromatic heterocycles. The Hall–Kier alpha value is -3.54. The van der Waals surface area contributed by atoms with Gasteiger partial charge in [0.1, 0.15) is 5.60 Å². The Balaban J connectivity index is 1.70. The summed E-state index contributed by atoms with van der Waals surface area (Å²) in [5, 5.41) is 2.70. The van der Waals surface area contributed by atoms with Crippen LogP contribution in [-0.2, 0) is 4.74 Å². The van der Waals surface area contributed by atoms with Crippen LogP contribution in [0.3, 0.4) is 0 Å². The van der Waals surface area contributed by atoms with Crippen molar-refractivity contribution < 1.29 is 14.3 Å². The third-order valence-corrected chi connectivity index (χ3v) is 4.71. The van der Waals surface area contributed by atoms with E-state index in [1.807, 2.05) is 45.9 Å². The van der Waals surface area contributed by atoms with Crippen molar-refractivity contribution in [2.45, 2.75) is 46.6 Å². The van der Waals surface area contributed by atoms with Gasteiger partial charge in [0, 0.05) is 22.6 Å². The van der Waals surface area contributed by atoms with Crippen LogP contribution >= 0.6 is 0 Å². The molecule has 162 valence electrons. The van der Waals surface area contributed by atoms with Crippen LogP contribution < -0.4 is 5.32 Å². The molecule has 3 N–H and O–H groups in total. The molecule has 2 heterocycles. The number of alkyl carbamates (subject to hydrolysis) is 1. The number of ether oxygens (including phenoxy) is 1. The molecule has 2 aromatic rings. The molecule has 0 saturated carbocycles. The number of carbonyl (C=O) groups is 2. The van der Waals surface area contributed by atoms with Gasteiger partial charge in [0.2, 0.25) is 5.78 Å². The van der Waals surface area contributed by atoms with E-state index < -0.39 is 11.7 Å². The van der Waals surface area contributed by atoms with E-state index in [9.17, 15) is 9.59 Å². The molecule has 31 heavy (non-hydrogen) atoms. The quantitative estimate of drug-likeness (QED) is 0.420. The first-order valence-electron chi connectivity index (χ1n) is 10.3. The van der Waals surface area contributed by atoms with Crippen LogP contribution in [-0.4, -0.2) is 27.4 Å². The monoisotopic (exact) mass is 419 g/mol. The van der Waals surface area contributed by atoms with E-state index in [0.29, 0.717) is 17.1 Å². The maximum absolute atomic E-state index is 12.9. The predicted octanol–water partition coefficient (Wildman–Crippen LogP) is 5.84. The van der Waals surface area contributed by atoms with Gasteiger partial charge in [-0.05, 0) is 83.0 Å². The summed E-state index contributed by atoms with van der Waals surface area (Å²) in [5.74, 6) is -0.105. The minimum atomic E-state index is -0.568. The summed E-state index contributed by atoms with van der Waals surface area (Å²) in [6, 6.07) is 5.48. The number of nitrogens with one attached hydrogen (secondary N) is 3. The lowest BCUT2D eigenvalue weighted by molar-refractivity contribution is 0.0547. The van der Waals surface area contributed by atoms with E-state index in [4.69, 9.17) is 4.74 Å². The zero-order valence-electron chi connectivity index (χ0n) is 18.6. The summed E-state index contributed by atoms with van der Waals surface area (Å²) in [4.78, 5) is 31.2. The molecule has 3 rings (SSSR count). The second kappa shape index (κ2) is 9.08. The van der Waals surface area contributed by atoms with Gasteiger partial charge in [0.05, 0.1) is 11.4 Å². The molecule has 1 aliphatic rings. The van der Waals surface area contributed by atoms with Crippen LogP contribution in [0.2, 0.25) is 0 Å². The lowest BCUT2D eigenvalue weighted by Crippen LogP contribution is -2.31. The van der Waals surface area contributed by atoms with Crippen molar-refractivity contribution in [1.29, 1.82) is 0 Å². The van der Waals surface area contributed by atoms with Gasteiger partial charge in [0.25, 0.3) is 0 Å². The maximum atomic E-state index is 12.9. The highest BCUT2D eigenvalue weighted by Crippen LogP contribution is 2.26. The normalized spacial score (nSPS) is 14.2. The number of ketones is 1. The van der Waals surface area contributed by atoms with E-state index in [0.717, 1.165) is 28.9 Å². The number of H-pyrrole nitrogens is 2. The van der Waals surface area contributed by atoms with E-state index in [2.05, 4.69) is 34.4 Å². The lowest BCUT2D eigenvalue weighted by Gasteiger charge is -2.19. The SMILES string of the molecule is C/C=C(\C=C/c1ccc(C(=O)c2cc3c([nH]2)C=CCC=C3C)[nH]1)NC(=O)OC(C)(C)C. The van der Waals surface area contributed by atoms with Gasteiger partial charge in [-0.25, -0.2) is 4.79 Å². The second-order valence-electron chi connectivity index (χ2n) is 8.40. The highest BCUT2D eigenvalue weighted by Gasteiger charge is 2.18. The summed E-state index contributed by atoms with van der Waals surface area (Å²) >= 11 is 0. The van der Waals surface area contributed by atoms with Gasteiger partial charge >= 0.3 is 6.09 Å². The van der Waals surface area contributed by atoms with Gasteiger partial charge in [-0.1, -0.05) is 18.2 Å². The summed E-state index contributed by atoms with van der Waals surface area (Å²) in [7, 11) is 0. The number of aromatic amines is 2. The Kier molecular flexibility index (Phi) is 6.49. The number of amides is 1. The van der Waals surface area contributed by atoms with Crippen LogP contribution in [0.25, 0.3) is 17.7 Å². The number of rotatable bonds is 5. The molecule has 0 saturated heterocycles. The standard InChI is InChI=1S/C25H29N3O3/c1-6-17(27-24(30)31-25(3,4)5)11-12-18-13-14-21(26-18)23(29)22-15-19-16(2)9-7-8-10-20(19)28-22/h6,8-15,26,28H,7H2,1-5H3,(H,27,30)/b12-11-,17-6+. The van der Waals surface area contributed by atoms with Crippen molar-refractivity contribution in [1.82, 2.24) is 15.3 Å². The Morgan fingerprint density at radius 1 is 1.16 bits per heavy atom. The highest BCUT2D eigenvalue weighted by molar-refractivity contribution is 6.07. The van der Waals surface area contributed by atoms with Crippen molar-refractivity contribution in [3.05, 3.63) is 76.5 Å². The van der Waals surface area contributed by atoms with Crippen molar-refractivity contribution in [2.75, 3.05) is 0 Å². The molecule has 1 aliphatic carbocycles. The first-order chi connectivity index (χ1) is 14.7. The molecule has 0 atom stereocenters. The molecule has 0 fully saturated rings. The van der Waals surface area contributed by atoms with Gasteiger partial charge < -0.3 is 14.7 Å². The summed E-state index contributed by atoms with van der Waals surface area (Å²) < 4.78 is 5.27. The fourth-order valence-electron chi connectivity index (χ4n) is 3.19. The third kappa shape index (κ3) is 5.75. The van der Waals surface area contributed by atoms with Crippen LogP contribution in [0, 0.1) is 0 Å². The Labute approximate surface area is 182 Å².